The zero-order valence-corrected chi connectivity index (χ0v) is 21.0. The van der Waals surface area contributed by atoms with Gasteiger partial charge < -0.3 is 5.73 Å². The van der Waals surface area contributed by atoms with E-state index < -0.39 is 0 Å². The summed E-state index contributed by atoms with van der Waals surface area (Å²) in [6.45, 7) is 13.1. The Bertz CT molecular complexity index is 1280. The summed E-state index contributed by atoms with van der Waals surface area (Å²) in [6.07, 6.45) is 0.526. The monoisotopic (exact) mass is 451 g/mol. The molecule has 0 fully saturated rings. The van der Waals surface area contributed by atoms with E-state index in [9.17, 15) is 0 Å². The fourth-order valence-corrected chi connectivity index (χ4v) is 4.49. The normalized spacial score (nSPS) is 10.4. The minimum absolute atomic E-state index is 0.526. The molecule has 0 amide bonds. The smallest absolute Gasteiger partial charge is 0.150 e. The molecule has 0 unspecified atom stereocenters. The number of rotatable bonds is 4. The molecule has 1 heterocycles. The van der Waals surface area contributed by atoms with E-state index >= 15 is 0 Å². The van der Waals surface area contributed by atoms with Gasteiger partial charge in [0.25, 0.3) is 0 Å². The van der Waals surface area contributed by atoms with Crippen LogP contribution in [-0.4, -0.2) is 15.0 Å². The van der Waals surface area contributed by atoms with Gasteiger partial charge in [-0.2, -0.15) is 5.26 Å². The van der Waals surface area contributed by atoms with Crippen LogP contribution in [0.15, 0.2) is 54.6 Å². The molecular weight excluding hydrogens is 418 g/mol. The van der Waals surface area contributed by atoms with Crippen LogP contribution >= 0.6 is 0 Å². The fourth-order valence-electron chi connectivity index (χ4n) is 4.49. The number of hydrogen-bond donors (Lipinski definition) is 1. The molecular formula is C29H33N5. The quantitative estimate of drug-likeness (QED) is 0.402. The van der Waals surface area contributed by atoms with Crippen molar-refractivity contribution >= 4 is 5.82 Å². The van der Waals surface area contributed by atoms with Crippen LogP contribution in [0.1, 0.15) is 44.5 Å². The van der Waals surface area contributed by atoms with Gasteiger partial charge in [0.05, 0.1) is 19.0 Å². The Morgan fingerprint density at radius 3 is 1.88 bits per heavy atom. The Balaban J connectivity index is 0.000000229. The molecule has 174 valence electrons. The molecule has 0 spiro atoms. The van der Waals surface area contributed by atoms with E-state index in [2.05, 4.69) is 94.3 Å². The fraction of sp³-hybridized carbons (Fsp3) is 0.276. The number of anilines is 1. The molecule has 4 aromatic rings. The van der Waals surface area contributed by atoms with E-state index in [1.54, 1.807) is 4.68 Å². The summed E-state index contributed by atoms with van der Waals surface area (Å²) in [5.74, 6) is 0.610. The second-order valence-corrected chi connectivity index (χ2v) is 8.95. The molecule has 0 aliphatic rings. The number of benzene rings is 3. The van der Waals surface area contributed by atoms with Crippen LogP contribution in [0.4, 0.5) is 5.82 Å². The van der Waals surface area contributed by atoms with Crippen molar-refractivity contribution in [2.24, 2.45) is 0 Å². The number of nitrogen functional groups attached to an aromatic ring is 1. The van der Waals surface area contributed by atoms with Crippen LogP contribution in [0.3, 0.4) is 0 Å². The van der Waals surface area contributed by atoms with Crippen LogP contribution in [0.5, 0.6) is 0 Å². The first kappa shape index (κ1) is 24.7. The highest BCUT2D eigenvalue weighted by molar-refractivity contribution is 5.75. The van der Waals surface area contributed by atoms with Gasteiger partial charge in [0.1, 0.15) is 5.69 Å². The number of nitrogens with two attached hydrogens (primary N) is 1. The highest BCUT2D eigenvalue weighted by Crippen LogP contribution is 2.30. The van der Waals surface area contributed by atoms with Crippen LogP contribution in [0.2, 0.25) is 0 Å². The summed E-state index contributed by atoms with van der Waals surface area (Å²) in [4.78, 5) is 0. The molecule has 3 aromatic carbocycles. The van der Waals surface area contributed by atoms with Gasteiger partial charge in [-0.15, -0.1) is 5.10 Å². The van der Waals surface area contributed by atoms with Gasteiger partial charge in [-0.25, -0.2) is 4.68 Å². The maximum atomic E-state index is 8.59. The van der Waals surface area contributed by atoms with E-state index in [4.69, 9.17) is 11.0 Å². The molecule has 0 bridgehead atoms. The summed E-state index contributed by atoms with van der Waals surface area (Å²) in [5.41, 5.74) is 17.8. The number of aryl methyl sites for hydroxylation is 6. The lowest BCUT2D eigenvalue weighted by molar-refractivity contribution is 0.658. The van der Waals surface area contributed by atoms with Crippen molar-refractivity contribution in [3.63, 3.8) is 0 Å². The highest BCUT2D eigenvalue weighted by atomic mass is 15.4. The third-order valence-corrected chi connectivity index (χ3v) is 5.96. The molecule has 2 N–H and O–H groups in total. The van der Waals surface area contributed by atoms with Crippen LogP contribution in [0.25, 0.3) is 11.3 Å². The lowest BCUT2D eigenvalue weighted by atomic mass is 9.97. The van der Waals surface area contributed by atoms with Crippen LogP contribution < -0.4 is 5.73 Å². The number of nitriles is 1. The van der Waals surface area contributed by atoms with Crippen molar-refractivity contribution in [3.05, 3.63) is 99.1 Å². The summed E-state index contributed by atoms with van der Waals surface area (Å²) in [5, 5.41) is 17.1. The Hall–Kier alpha value is -3.91. The van der Waals surface area contributed by atoms with Gasteiger partial charge in [0.2, 0.25) is 0 Å². The van der Waals surface area contributed by atoms with E-state index in [-0.39, 0.29) is 0 Å². The summed E-state index contributed by atoms with van der Waals surface area (Å²) >= 11 is 0. The summed E-state index contributed by atoms with van der Waals surface area (Å²) in [6, 6.07) is 20.9. The van der Waals surface area contributed by atoms with Crippen molar-refractivity contribution in [2.45, 2.75) is 54.5 Å². The summed E-state index contributed by atoms with van der Waals surface area (Å²) < 4.78 is 1.75. The van der Waals surface area contributed by atoms with E-state index in [1.807, 2.05) is 18.2 Å². The molecule has 4 rings (SSSR count). The zero-order valence-electron chi connectivity index (χ0n) is 21.0. The number of nitrogens with zero attached hydrogens (tertiary/aromatic N) is 4. The first-order valence-corrected chi connectivity index (χ1v) is 11.5. The molecule has 5 nitrogen and oxygen atoms in total. The average Bonchev–Trinajstić information content (AvgIpc) is 3.11. The zero-order chi connectivity index (χ0) is 24.8. The standard InChI is InChI=1S/C18H20N4.C11H13N/c1-12-9-13(2)16(14(3)10-12)17-18(19)22(21-20-17)11-15-7-5-4-6-8-15;1-8-6-9(2)11(4-5-12)10(3)7-8/h4-10H,11,19H2,1-3H3;6-7H,4H2,1-3H3. The highest BCUT2D eigenvalue weighted by Gasteiger charge is 2.16. The average molecular weight is 452 g/mol. The second-order valence-electron chi connectivity index (χ2n) is 8.95. The van der Waals surface area contributed by atoms with E-state index in [1.165, 1.54) is 38.9 Å². The molecule has 0 saturated carbocycles. The molecule has 0 radical (unpaired) electrons. The van der Waals surface area contributed by atoms with Crippen molar-refractivity contribution in [1.29, 1.82) is 5.26 Å². The predicted octanol–water partition coefficient (Wildman–Crippen LogP) is 6.18. The van der Waals surface area contributed by atoms with Gasteiger partial charge in [0.15, 0.2) is 5.82 Å². The Labute approximate surface area is 202 Å². The molecule has 1 aromatic heterocycles. The first-order chi connectivity index (χ1) is 16.2. The molecule has 0 aliphatic carbocycles. The Kier molecular flexibility index (Phi) is 7.86. The number of hydrogen-bond acceptors (Lipinski definition) is 4. The second kappa shape index (κ2) is 10.8. The van der Waals surface area contributed by atoms with Gasteiger partial charge in [-0.1, -0.05) is 70.9 Å². The van der Waals surface area contributed by atoms with E-state index in [0.717, 1.165) is 16.8 Å². The van der Waals surface area contributed by atoms with Crippen LogP contribution in [0, 0.1) is 52.9 Å². The Morgan fingerprint density at radius 1 is 0.824 bits per heavy atom. The number of aromatic nitrogens is 3. The third kappa shape index (κ3) is 5.71. The topological polar surface area (TPSA) is 80.5 Å². The van der Waals surface area contributed by atoms with Gasteiger partial charge in [0, 0.05) is 5.56 Å². The first-order valence-electron chi connectivity index (χ1n) is 11.5. The van der Waals surface area contributed by atoms with Crippen LogP contribution in [-0.2, 0) is 13.0 Å². The van der Waals surface area contributed by atoms with Crippen molar-refractivity contribution in [1.82, 2.24) is 15.0 Å². The minimum Gasteiger partial charge on any atom is -0.382 e. The summed E-state index contributed by atoms with van der Waals surface area (Å²) in [7, 11) is 0. The van der Waals surface area contributed by atoms with Gasteiger partial charge in [-0.3, -0.25) is 0 Å². The SMILES string of the molecule is Cc1cc(C)c(-c2nnn(Cc3ccccc3)c2N)c(C)c1.Cc1cc(C)c(CC#N)c(C)c1. The largest absolute Gasteiger partial charge is 0.382 e. The Morgan fingerprint density at radius 2 is 1.35 bits per heavy atom. The van der Waals surface area contributed by atoms with Gasteiger partial charge >= 0.3 is 0 Å². The molecule has 0 saturated heterocycles. The predicted molar refractivity (Wildman–Crippen MR) is 140 cm³/mol. The molecule has 0 atom stereocenters. The third-order valence-electron chi connectivity index (χ3n) is 5.96. The minimum atomic E-state index is 0.526. The van der Waals surface area contributed by atoms with Crippen molar-refractivity contribution in [2.75, 3.05) is 5.73 Å². The molecule has 5 heteroatoms. The maximum Gasteiger partial charge on any atom is 0.150 e. The van der Waals surface area contributed by atoms with Crippen molar-refractivity contribution in [3.8, 4) is 17.3 Å². The lowest BCUT2D eigenvalue weighted by Gasteiger charge is -2.10. The molecule has 0 aliphatic heterocycles. The van der Waals surface area contributed by atoms with Crippen molar-refractivity contribution < 1.29 is 0 Å². The molecule has 34 heavy (non-hydrogen) atoms. The maximum absolute atomic E-state index is 8.59. The van der Waals surface area contributed by atoms with Gasteiger partial charge in [-0.05, 0) is 74.9 Å². The van der Waals surface area contributed by atoms with E-state index in [0.29, 0.717) is 18.8 Å². The lowest BCUT2D eigenvalue weighted by Crippen LogP contribution is -2.06.